The van der Waals surface area contributed by atoms with Gasteiger partial charge in [0, 0.05) is 42.0 Å². The summed E-state index contributed by atoms with van der Waals surface area (Å²) >= 11 is 0. The highest BCUT2D eigenvalue weighted by Crippen LogP contribution is 2.21. The zero-order chi connectivity index (χ0) is 22.0. The summed E-state index contributed by atoms with van der Waals surface area (Å²) in [5.74, 6) is -0.728. The number of benzene rings is 1. The third-order valence-corrected chi connectivity index (χ3v) is 5.80. The SMILES string of the molecule is Cc1ccnn1-c1ccc(C(=O)OCC(=O)c2cc(C)n(C[C@@H]3CCCO3)c2C)cc1. The van der Waals surface area contributed by atoms with Crippen LogP contribution in [0.2, 0.25) is 0 Å². The van der Waals surface area contributed by atoms with Crippen LogP contribution in [0.4, 0.5) is 0 Å². The van der Waals surface area contributed by atoms with Gasteiger partial charge in [0.15, 0.2) is 6.61 Å². The molecule has 1 atom stereocenters. The monoisotopic (exact) mass is 421 g/mol. The van der Waals surface area contributed by atoms with Gasteiger partial charge in [-0.15, -0.1) is 0 Å². The van der Waals surface area contributed by atoms with Crippen LogP contribution in [0.3, 0.4) is 0 Å². The minimum Gasteiger partial charge on any atom is -0.454 e. The zero-order valence-electron chi connectivity index (χ0n) is 18.1. The van der Waals surface area contributed by atoms with Crippen LogP contribution in [-0.4, -0.2) is 45.4 Å². The molecule has 4 rings (SSSR count). The van der Waals surface area contributed by atoms with Crippen molar-refractivity contribution in [2.45, 2.75) is 46.3 Å². The third-order valence-electron chi connectivity index (χ3n) is 5.80. The van der Waals surface area contributed by atoms with Crippen LogP contribution in [0.15, 0.2) is 42.6 Å². The van der Waals surface area contributed by atoms with Crippen LogP contribution in [0.1, 0.15) is 50.6 Å². The van der Waals surface area contributed by atoms with Crippen molar-refractivity contribution in [1.29, 1.82) is 0 Å². The first-order valence-electron chi connectivity index (χ1n) is 10.5. The minimum absolute atomic E-state index is 0.194. The van der Waals surface area contributed by atoms with Gasteiger partial charge in [-0.3, -0.25) is 4.79 Å². The standard InChI is InChI=1S/C24H27N3O4/c1-16-10-11-25-27(16)20-8-6-19(7-9-20)24(29)31-15-23(28)22-13-17(2)26(18(22)3)14-21-5-4-12-30-21/h6-11,13,21H,4-5,12,14-15H2,1-3H3/t21-/m0/s1. The molecule has 0 N–H and O–H groups in total. The molecular formula is C24H27N3O4. The molecule has 1 aliphatic rings. The van der Waals surface area contributed by atoms with Crippen LogP contribution in [0.5, 0.6) is 0 Å². The van der Waals surface area contributed by atoms with E-state index in [2.05, 4.69) is 9.67 Å². The van der Waals surface area contributed by atoms with E-state index in [1.54, 1.807) is 35.1 Å². The van der Waals surface area contributed by atoms with Gasteiger partial charge in [-0.25, -0.2) is 9.48 Å². The molecule has 31 heavy (non-hydrogen) atoms. The summed E-state index contributed by atoms with van der Waals surface area (Å²) in [5.41, 5.74) is 4.73. The number of ketones is 1. The molecule has 7 heteroatoms. The van der Waals surface area contributed by atoms with Gasteiger partial charge in [0.1, 0.15) is 0 Å². The summed E-state index contributed by atoms with van der Waals surface area (Å²) in [5, 5.41) is 4.25. The van der Waals surface area contributed by atoms with E-state index in [-0.39, 0.29) is 18.5 Å². The lowest BCUT2D eigenvalue weighted by atomic mass is 10.1. The summed E-state index contributed by atoms with van der Waals surface area (Å²) in [6.45, 7) is 7.11. The van der Waals surface area contributed by atoms with E-state index in [0.29, 0.717) is 11.1 Å². The van der Waals surface area contributed by atoms with E-state index in [9.17, 15) is 9.59 Å². The van der Waals surface area contributed by atoms with Crippen molar-refractivity contribution in [1.82, 2.24) is 14.3 Å². The molecule has 0 radical (unpaired) electrons. The number of Topliss-reactive ketones (excluding diaryl/α,β-unsaturated/α-hetero) is 1. The molecule has 162 valence electrons. The molecule has 0 unspecified atom stereocenters. The number of ether oxygens (including phenoxy) is 2. The largest absolute Gasteiger partial charge is 0.454 e. The van der Waals surface area contributed by atoms with Gasteiger partial charge in [0.05, 0.1) is 17.4 Å². The van der Waals surface area contributed by atoms with Gasteiger partial charge in [0.2, 0.25) is 5.78 Å². The van der Waals surface area contributed by atoms with Gasteiger partial charge in [-0.2, -0.15) is 5.10 Å². The van der Waals surface area contributed by atoms with E-state index in [1.165, 1.54) is 0 Å². The predicted molar refractivity (Wildman–Crippen MR) is 116 cm³/mol. The Hall–Kier alpha value is -3.19. The second kappa shape index (κ2) is 8.89. The molecule has 2 aromatic heterocycles. The predicted octanol–water partition coefficient (Wildman–Crippen LogP) is 3.82. The summed E-state index contributed by atoms with van der Waals surface area (Å²) in [6, 6.07) is 10.7. The third kappa shape index (κ3) is 4.46. The van der Waals surface area contributed by atoms with Gasteiger partial charge in [-0.05, 0) is 70.0 Å². The number of aromatic nitrogens is 3. The summed E-state index contributed by atoms with van der Waals surface area (Å²) in [6.07, 6.45) is 4.03. The van der Waals surface area contributed by atoms with Crippen LogP contribution in [0, 0.1) is 20.8 Å². The number of carbonyl (C=O) groups excluding carboxylic acids is 2. The maximum atomic E-state index is 12.7. The van der Waals surface area contributed by atoms with E-state index in [4.69, 9.17) is 9.47 Å². The fraction of sp³-hybridized carbons (Fsp3) is 0.375. The number of rotatable bonds is 7. The summed E-state index contributed by atoms with van der Waals surface area (Å²) in [7, 11) is 0. The molecule has 1 aromatic carbocycles. The van der Waals surface area contributed by atoms with Gasteiger partial charge in [0.25, 0.3) is 0 Å². The van der Waals surface area contributed by atoms with Crippen molar-refractivity contribution >= 4 is 11.8 Å². The second-order valence-electron chi connectivity index (χ2n) is 7.96. The topological polar surface area (TPSA) is 75.4 Å². The van der Waals surface area contributed by atoms with E-state index in [1.807, 2.05) is 32.9 Å². The Kier molecular flexibility index (Phi) is 6.04. The average Bonchev–Trinajstić information content (AvgIpc) is 3.50. The lowest BCUT2D eigenvalue weighted by Crippen LogP contribution is -2.18. The average molecular weight is 421 g/mol. The van der Waals surface area contributed by atoms with Gasteiger partial charge in [-0.1, -0.05) is 0 Å². The van der Waals surface area contributed by atoms with Crippen LogP contribution >= 0.6 is 0 Å². The maximum Gasteiger partial charge on any atom is 0.338 e. The Balaban J connectivity index is 1.38. The maximum absolute atomic E-state index is 12.7. The molecule has 1 aliphatic heterocycles. The number of hydrogen-bond acceptors (Lipinski definition) is 5. The van der Waals surface area contributed by atoms with Crippen molar-refractivity contribution < 1.29 is 19.1 Å². The Morgan fingerprint density at radius 2 is 1.90 bits per heavy atom. The van der Waals surface area contributed by atoms with Crippen LogP contribution in [-0.2, 0) is 16.0 Å². The molecule has 1 saturated heterocycles. The smallest absolute Gasteiger partial charge is 0.338 e. The molecule has 7 nitrogen and oxygen atoms in total. The molecule has 0 aliphatic carbocycles. The van der Waals surface area contributed by atoms with Crippen molar-refractivity contribution in [2.24, 2.45) is 0 Å². The molecule has 0 amide bonds. The first kappa shape index (κ1) is 21.1. The summed E-state index contributed by atoms with van der Waals surface area (Å²) < 4.78 is 14.9. The fourth-order valence-electron chi connectivity index (χ4n) is 4.03. The van der Waals surface area contributed by atoms with E-state index >= 15 is 0 Å². The van der Waals surface area contributed by atoms with Gasteiger partial charge < -0.3 is 14.0 Å². The highest BCUT2D eigenvalue weighted by molar-refractivity contribution is 6.00. The Labute approximate surface area is 181 Å². The quantitative estimate of drug-likeness (QED) is 0.428. The van der Waals surface area contributed by atoms with Crippen LogP contribution in [0.25, 0.3) is 5.69 Å². The summed E-state index contributed by atoms with van der Waals surface area (Å²) in [4.78, 5) is 25.1. The number of aryl methyl sites for hydroxylation is 2. The van der Waals surface area contributed by atoms with Crippen molar-refractivity contribution in [3.05, 3.63) is 70.8 Å². The number of carbonyl (C=O) groups is 2. The molecule has 3 aromatic rings. The molecule has 0 saturated carbocycles. The normalized spacial score (nSPS) is 15.9. The van der Waals surface area contributed by atoms with Crippen LogP contribution < -0.4 is 0 Å². The fourth-order valence-corrected chi connectivity index (χ4v) is 4.03. The first-order valence-corrected chi connectivity index (χ1v) is 10.5. The minimum atomic E-state index is -0.523. The van der Waals surface area contributed by atoms with Crippen molar-refractivity contribution in [3.8, 4) is 5.69 Å². The lowest BCUT2D eigenvalue weighted by molar-refractivity contribution is 0.0474. The van der Waals surface area contributed by atoms with Crippen molar-refractivity contribution in [3.63, 3.8) is 0 Å². The molecule has 0 bridgehead atoms. The van der Waals surface area contributed by atoms with E-state index < -0.39 is 5.97 Å². The van der Waals surface area contributed by atoms with Gasteiger partial charge >= 0.3 is 5.97 Å². The Bertz CT molecular complexity index is 1090. The molecule has 0 spiro atoms. The zero-order valence-corrected chi connectivity index (χ0v) is 18.1. The lowest BCUT2D eigenvalue weighted by Gasteiger charge is -2.14. The molecule has 3 heterocycles. The highest BCUT2D eigenvalue weighted by atomic mass is 16.5. The highest BCUT2D eigenvalue weighted by Gasteiger charge is 2.22. The number of esters is 1. The number of hydrogen-bond donors (Lipinski definition) is 0. The second-order valence-corrected chi connectivity index (χ2v) is 7.96. The number of nitrogens with zero attached hydrogens (tertiary/aromatic N) is 3. The Morgan fingerprint density at radius 1 is 1.13 bits per heavy atom. The first-order chi connectivity index (χ1) is 14.9. The molecular weight excluding hydrogens is 394 g/mol. The van der Waals surface area contributed by atoms with E-state index in [0.717, 1.165) is 48.8 Å². The van der Waals surface area contributed by atoms with Crippen molar-refractivity contribution in [2.75, 3.05) is 13.2 Å². The Morgan fingerprint density at radius 3 is 2.55 bits per heavy atom. The molecule has 1 fully saturated rings.